The number of hydrogen-bond acceptors (Lipinski definition) is 3. The molecule has 0 unspecified atom stereocenters. The van der Waals surface area contributed by atoms with E-state index in [0.717, 1.165) is 22.6 Å². The lowest BCUT2D eigenvalue weighted by molar-refractivity contribution is 0.0931. The van der Waals surface area contributed by atoms with Gasteiger partial charge in [-0.25, -0.2) is 4.79 Å². The summed E-state index contributed by atoms with van der Waals surface area (Å²) < 4.78 is 11.0. The van der Waals surface area contributed by atoms with Crippen LogP contribution in [0, 0.1) is 5.92 Å². The minimum absolute atomic E-state index is 0.146. The van der Waals surface area contributed by atoms with Gasteiger partial charge in [0.1, 0.15) is 17.4 Å². The number of benzene rings is 2. The molecular weight excluding hydrogens is 326 g/mol. The van der Waals surface area contributed by atoms with Crippen LogP contribution >= 0.6 is 0 Å². The normalized spacial score (nSPS) is 22.4. The number of rotatable bonds is 5. The molecule has 26 heavy (non-hydrogen) atoms. The van der Waals surface area contributed by atoms with Gasteiger partial charge >= 0.3 is 6.09 Å². The number of carbonyl (C=O) groups excluding carboxylic acids is 1. The summed E-state index contributed by atoms with van der Waals surface area (Å²) in [5.74, 6) is 0.887. The Morgan fingerprint density at radius 1 is 1.15 bits per heavy atom. The lowest BCUT2D eigenvalue weighted by Crippen LogP contribution is -2.51. The van der Waals surface area contributed by atoms with Crippen molar-refractivity contribution in [3.8, 4) is 5.75 Å². The summed E-state index contributed by atoms with van der Waals surface area (Å²) in [5.41, 5.74) is 1.93. The molecule has 0 bridgehead atoms. The molecule has 1 aliphatic rings. The molecule has 2 aromatic rings. The molecular formula is C22H25NO3. The lowest BCUT2D eigenvalue weighted by atomic mass is 9.78. The Kier molecular flexibility index (Phi) is 4.77. The van der Waals surface area contributed by atoms with E-state index in [9.17, 15) is 4.79 Å². The highest BCUT2D eigenvalue weighted by atomic mass is 16.6. The average molecular weight is 351 g/mol. The van der Waals surface area contributed by atoms with E-state index in [1.807, 2.05) is 61.5 Å². The Hall–Kier alpha value is -2.75. The molecule has 2 aromatic carbocycles. The Morgan fingerprint density at radius 2 is 1.77 bits per heavy atom. The van der Waals surface area contributed by atoms with Gasteiger partial charge in [-0.2, -0.15) is 0 Å². The third kappa shape index (κ3) is 2.85. The Bertz CT molecular complexity index is 798. The standard InChI is InChI=1S/C22H25NO3/c1-15(2)20-22(4,16(3)17-9-7-6-8-10-17)23(21(24)26-20)18-11-13-19(25-5)14-12-18/h6-15,20H,3H2,1-2,4-5H3/t20-,22-/m0/s1. The molecule has 2 atom stereocenters. The Morgan fingerprint density at radius 3 is 2.31 bits per heavy atom. The van der Waals surface area contributed by atoms with Crippen LogP contribution in [0.15, 0.2) is 61.2 Å². The van der Waals surface area contributed by atoms with Crippen molar-refractivity contribution >= 4 is 17.4 Å². The highest BCUT2D eigenvalue weighted by molar-refractivity contribution is 5.97. The summed E-state index contributed by atoms with van der Waals surface area (Å²) in [6.07, 6.45) is -0.654. The fourth-order valence-electron chi connectivity index (χ4n) is 3.72. The third-order valence-electron chi connectivity index (χ3n) is 5.10. The molecule has 0 N–H and O–H groups in total. The number of methoxy groups -OCH3 is 1. The topological polar surface area (TPSA) is 38.8 Å². The largest absolute Gasteiger partial charge is 0.497 e. The first-order chi connectivity index (χ1) is 12.4. The number of ether oxygens (including phenoxy) is 2. The van der Waals surface area contributed by atoms with E-state index >= 15 is 0 Å². The van der Waals surface area contributed by atoms with Crippen molar-refractivity contribution in [3.05, 3.63) is 66.7 Å². The fraction of sp³-hybridized carbons (Fsp3) is 0.318. The first-order valence-corrected chi connectivity index (χ1v) is 8.79. The van der Waals surface area contributed by atoms with Crippen LogP contribution in [-0.2, 0) is 4.74 Å². The van der Waals surface area contributed by atoms with E-state index in [4.69, 9.17) is 9.47 Å². The molecule has 0 aromatic heterocycles. The SMILES string of the molecule is C=C(c1ccccc1)[C@@]1(C)[C@H](C(C)C)OC(=O)N1c1ccc(OC)cc1. The van der Waals surface area contributed by atoms with Crippen molar-refractivity contribution in [1.29, 1.82) is 0 Å². The molecule has 1 heterocycles. The summed E-state index contributed by atoms with van der Waals surface area (Å²) in [4.78, 5) is 14.5. The second-order valence-corrected chi connectivity index (χ2v) is 7.07. The molecule has 0 radical (unpaired) electrons. The van der Waals surface area contributed by atoms with E-state index < -0.39 is 5.54 Å². The zero-order chi connectivity index (χ0) is 18.9. The number of cyclic esters (lactones) is 1. The molecule has 3 rings (SSSR count). The summed E-state index contributed by atoms with van der Waals surface area (Å²) in [6.45, 7) is 10.5. The maximum atomic E-state index is 12.8. The van der Waals surface area contributed by atoms with E-state index in [1.165, 1.54) is 0 Å². The molecule has 0 spiro atoms. The fourth-order valence-corrected chi connectivity index (χ4v) is 3.72. The second-order valence-electron chi connectivity index (χ2n) is 7.07. The summed E-state index contributed by atoms with van der Waals surface area (Å²) in [6, 6.07) is 17.4. The van der Waals surface area contributed by atoms with Crippen molar-refractivity contribution in [2.75, 3.05) is 12.0 Å². The van der Waals surface area contributed by atoms with Gasteiger partial charge in [-0.05, 0) is 48.2 Å². The molecule has 0 aliphatic carbocycles. The van der Waals surface area contributed by atoms with E-state index in [2.05, 4.69) is 20.4 Å². The van der Waals surface area contributed by atoms with Gasteiger partial charge in [0.2, 0.25) is 0 Å². The average Bonchev–Trinajstić information content (AvgIpc) is 2.94. The van der Waals surface area contributed by atoms with Crippen LogP contribution in [0.4, 0.5) is 10.5 Å². The van der Waals surface area contributed by atoms with Gasteiger partial charge in [-0.1, -0.05) is 50.8 Å². The highest BCUT2D eigenvalue weighted by Crippen LogP contribution is 2.45. The van der Waals surface area contributed by atoms with Crippen molar-refractivity contribution in [2.24, 2.45) is 5.92 Å². The van der Waals surface area contributed by atoms with Gasteiger partial charge in [-0.3, -0.25) is 4.90 Å². The molecule has 1 amide bonds. The molecule has 136 valence electrons. The second kappa shape index (κ2) is 6.87. The Balaban J connectivity index is 2.10. The number of anilines is 1. The number of hydrogen-bond donors (Lipinski definition) is 0. The van der Waals surface area contributed by atoms with Gasteiger partial charge in [0.15, 0.2) is 0 Å². The van der Waals surface area contributed by atoms with Crippen LogP contribution < -0.4 is 9.64 Å². The molecule has 4 nitrogen and oxygen atoms in total. The van der Waals surface area contributed by atoms with E-state index in [1.54, 1.807) is 12.0 Å². The summed E-state index contributed by atoms with van der Waals surface area (Å²) in [7, 11) is 1.62. The van der Waals surface area contributed by atoms with Crippen LogP contribution in [0.5, 0.6) is 5.75 Å². The van der Waals surface area contributed by atoms with Crippen LogP contribution in [0.2, 0.25) is 0 Å². The maximum absolute atomic E-state index is 12.8. The highest BCUT2D eigenvalue weighted by Gasteiger charge is 2.55. The lowest BCUT2D eigenvalue weighted by Gasteiger charge is -2.39. The summed E-state index contributed by atoms with van der Waals surface area (Å²) in [5, 5.41) is 0. The van der Waals surface area contributed by atoms with Gasteiger partial charge in [0.25, 0.3) is 0 Å². The first-order valence-electron chi connectivity index (χ1n) is 8.79. The molecule has 1 aliphatic heterocycles. The van der Waals surface area contributed by atoms with Gasteiger partial charge < -0.3 is 9.47 Å². The minimum atomic E-state index is -0.693. The smallest absolute Gasteiger partial charge is 0.415 e. The minimum Gasteiger partial charge on any atom is -0.497 e. The molecule has 1 saturated heterocycles. The monoisotopic (exact) mass is 351 g/mol. The quantitative estimate of drug-likeness (QED) is 0.748. The molecule has 4 heteroatoms. The van der Waals surface area contributed by atoms with Crippen LogP contribution in [0.3, 0.4) is 0 Å². The van der Waals surface area contributed by atoms with Crippen molar-refractivity contribution < 1.29 is 14.3 Å². The number of amides is 1. The molecule has 0 saturated carbocycles. The van der Waals surface area contributed by atoms with Crippen LogP contribution in [0.1, 0.15) is 26.3 Å². The van der Waals surface area contributed by atoms with Gasteiger partial charge in [0.05, 0.1) is 7.11 Å². The zero-order valence-corrected chi connectivity index (χ0v) is 15.7. The van der Waals surface area contributed by atoms with E-state index in [-0.39, 0.29) is 18.1 Å². The van der Waals surface area contributed by atoms with Gasteiger partial charge in [-0.15, -0.1) is 0 Å². The number of carbonyl (C=O) groups is 1. The van der Waals surface area contributed by atoms with Crippen LogP contribution in [0.25, 0.3) is 5.57 Å². The molecule has 1 fully saturated rings. The zero-order valence-electron chi connectivity index (χ0n) is 15.7. The maximum Gasteiger partial charge on any atom is 0.415 e. The van der Waals surface area contributed by atoms with Crippen molar-refractivity contribution in [1.82, 2.24) is 0 Å². The van der Waals surface area contributed by atoms with Crippen molar-refractivity contribution in [2.45, 2.75) is 32.4 Å². The predicted molar refractivity (Wildman–Crippen MR) is 104 cm³/mol. The van der Waals surface area contributed by atoms with Gasteiger partial charge in [0, 0.05) is 5.69 Å². The Labute approximate surface area is 155 Å². The van der Waals surface area contributed by atoms with E-state index in [0.29, 0.717) is 0 Å². The number of nitrogens with zero attached hydrogens (tertiary/aromatic N) is 1. The van der Waals surface area contributed by atoms with Crippen molar-refractivity contribution in [3.63, 3.8) is 0 Å². The summed E-state index contributed by atoms with van der Waals surface area (Å²) >= 11 is 0. The van der Waals surface area contributed by atoms with Crippen LogP contribution in [-0.4, -0.2) is 24.8 Å². The third-order valence-corrected chi connectivity index (χ3v) is 5.10. The first kappa shape index (κ1) is 18.1. The predicted octanol–water partition coefficient (Wildman–Crippen LogP) is 5.15.